The number of benzene rings is 1. The Labute approximate surface area is 133 Å². The average Bonchev–Trinajstić information content (AvgIpc) is 3.27. The highest BCUT2D eigenvalue weighted by Gasteiger charge is 2.07. The molecule has 0 bridgehead atoms. The number of rotatable bonds is 8. The first kappa shape index (κ1) is 15.3. The van der Waals surface area contributed by atoms with Gasteiger partial charge in [-0.2, -0.15) is 0 Å². The molecule has 3 aromatic rings. The van der Waals surface area contributed by atoms with Gasteiger partial charge >= 0.3 is 0 Å². The second-order valence-electron chi connectivity index (χ2n) is 5.03. The molecule has 1 atom stereocenters. The third-order valence-electron chi connectivity index (χ3n) is 3.20. The van der Waals surface area contributed by atoms with Crippen LogP contribution in [0.1, 0.15) is 5.76 Å². The number of hydrogen-bond acceptors (Lipinski definition) is 5. The summed E-state index contributed by atoms with van der Waals surface area (Å²) >= 11 is 0. The molecular formula is C17H18N2O4. The van der Waals surface area contributed by atoms with Crippen molar-refractivity contribution in [3.63, 3.8) is 0 Å². The van der Waals surface area contributed by atoms with Crippen LogP contribution in [0.25, 0.3) is 5.69 Å². The van der Waals surface area contributed by atoms with Crippen molar-refractivity contribution in [2.75, 3.05) is 13.2 Å². The quantitative estimate of drug-likeness (QED) is 0.691. The van der Waals surface area contributed by atoms with E-state index in [2.05, 4.69) is 4.98 Å². The molecule has 0 amide bonds. The molecule has 0 saturated heterocycles. The van der Waals surface area contributed by atoms with Gasteiger partial charge in [0.15, 0.2) is 0 Å². The monoisotopic (exact) mass is 314 g/mol. The van der Waals surface area contributed by atoms with Crippen LogP contribution in [0, 0.1) is 0 Å². The van der Waals surface area contributed by atoms with E-state index in [-0.39, 0.29) is 13.2 Å². The lowest BCUT2D eigenvalue weighted by Crippen LogP contribution is -2.23. The van der Waals surface area contributed by atoms with Crippen molar-refractivity contribution in [2.45, 2.75) is 12.7 Å². The summed E-state index contributed by atoms with van der Waals surface area (Å²) in [5.74, 6) is 1.41. The zero-order valence-corrected chi connectivity index (χ0v) is 12.5. The second kappa shape index (κ2) is 7.62. The highest BCUT2D eigenvalue weighted by molar-refractivity contribution is 5.39. The van der Waals surface area contributed by atoms with Crippen molar-refractivity contribution in [3.8, 4) is 11.4 Å². The van der Waals surface area contributed by atoms with Crippen LogP contribution in [0.15, 0.2) is 65.8 Å². The fraction of sp³-hybridized carbons (Fsp3) is 0.235. The van der Waals surface area contributed by atoms with E-state index in [4.69, 9.17) is 13.9 Å². The summed E-state index contributed by atoms with van der Waals surface area (Å²) in [5, 5.41) is 9.90. The number of nitrogens with zero attached hydrogens (tertiary/aromatic N) is 2. The van der Waals surface area contributed by atoms with Crippen LogP contribution in [0.2, 0.25) is 0 Å². The maximum atomic E-state index is 9.90. The van der Waals surface area contributed by atoms with Gasteiger partial charge in [0.05, 0.1) is 24.9 Å². The van der Waals surface area contributed by atoms with Crippen molar-refractivity contribution in [1.29, 1.82) is 0 Å². The molecule has 3 rings (SSSR count). The zero-order valence-electron chi connectivity index (χ0n) is 12.5. The van der Waals surface area contributed by atoms with Crippen LogP contribution < -0.4 is 4.74 Å². The van der Waals surface area contributed by atoms with Crippen LogP contribution >= 0.6 is 0 Å². The first-order chi connectivity index (χ1) is 11.3. The van der Waals surface area contributed by atoms with Gasteiger partial charge in [0.1, 0.15) is 30.8 Å². The number of imidazole rings is 1. The molecule has 0 saturated carbocycles. The van der Waals surface area contributed by atoms with Gasteiger partial charge in [-0.15, -0.1) is 0 Å². The molecule has 2 aromatic heterocycles. The molecule has 2 heterocycles. The largest absolute Gasteiger partial charge is 0.491 e. The lowest BCUT2D eigenvalue weighted by Gasteiger charge is -2.13. The predicted molar refractivity (Wildman–Crippen MR) is 83.4 cm³/mol. The van der Waals surface area contributed by atoms with Gasteiger partial charge in [0.2, 0.25) is 0 Å². The molecule has 0 aliphatic heterocycles. The first-order valence-electron chi connectivity index (χ1n) is 7.30. The summed E-state index contributed by atoms with van der Waals surface area (Å²) in [6, 6.07) is 11.2. The molecule has 1 N–H and O–H groups in total. The molecule has 0 aliphatic rings. The van der Waals surface area contributed by atoms with Crippen molar-refractivity contribution in [3.05, 3.63) is 67.1 Å². The van der Waals surface area contributed by atoms with Gasteiger partial charge in [-0.05, 0) is 24.3 Å². The summed E-state index contributed by atoms with van der Waals surface area (Å²) in [6.45, 7) is 0.674. The number of aliphatic hydroxyl groups is 1. The molecular weight excluding hydrogens is 296 g/mol. The molecule has 0 radical (unpaired) electrons. The second-order valence-corrected chi connectivity index (χ2v) is 5.03. The summed E-state index contributed by atoms with van der Waals surface area (Å²) in [4.78, 5) is 4.02. The molecule has 0 aliphatic carbocycles. The van der Waals surface area contributed by atoms with Crippen molar-refractivity contribution < 1.29 is 19.0 Å². The van der Waals surface area contributed by atoms with Crippen LogP contribution in [0.3, 0.4) is 0 Å². The summed E-state index contributed by atoms with van der Waals surface area (Å²) < 4.78 is 18.0. The fourth-order valence-electron chi connectivity index (χ4n) is 2.08. The number of aliphatic hydroxyl groups excluding tert-OH is 1. The summed E-state index contributed by atoms with van der Waals surface area (Å²) in [6.07, 6.45) is 6.17. The Morgan fingerprint density at radius 3 is 2.96 bits per heavy atom. The summed E-state index contributed by atoms with van der Waals surface area (Å²) in [5.41, 5.74) is 0.948. The molecule has 0 fully saturated rings. The van der Waals surface area contributed by atoms with E-state index in [1.807, 2.05) is 41.1 Å². The third-order valence-corrected chi connectivity index (χ3v) is 3.20. The van der Waals surface area contributed by atoms with Gasteiger partial charge in [0.25, 0.3) is 0 Å². The summed E-state index contributed by atoms with van der Waals surface area (Å²) in [7, 11) is 0. The van der Waals surface area contributed by atoms with E-state index < -0.39 is 6.10 Å². The van der Waals surface area contributed by atoms with Crippen LogP contribution in [0.4, 0.5) is 0 Å². The Morgan fingerprint density at radius 2 is 2.17 bits per heavy atom. The number of hydrogen-bond donors (Lipinski definition) is 1. The fourth-order valence-corrected chi connectivity index (χ4v) is 2.08. The maximum Gasteiger partial charge on any atom is 0.129 e. The normalized spacial score (nSPS) is 12.2. The number of aromatic nitrogens is 2. The highest BCUT2D eigenvalue weighted by Crippen LogP contribution is 2.16. The van der Waals surface area contributed by atoms with Crippen LogP contribution in [-0.2, 0) is 11.3 Å². The Balaban J connectivity index is 1.45. The lowest BCUT2D eigenvalue weighted by molar-refractivity contribution is 0.000879. The van der Waals surface area contributed by atoms with Crippen molar-refractivity contribution in [2.24, 2.45) is 0 Å². The molecule has 1 aromatic carbocycles. The maximum absolute atomic E-state index is 9.90. The SMILES string of the molecule is OC(COCc1ccco1)COc1cccc(-n2ccnc2)c1. The molecule has 6 heteroatoms. The molecule has 23 heavy (non-hydrogen) atoms. The minimum absolute atomic E-state index is 0.158. The smallest absolute Gasteiger partial charge is 0.129 e. The van der Waals surface area contributed by atoms with E-state index in [9.17, 15) is 5.11 Å². The first-order valence-corrected chi connectivity index (χ1v) is 7.30. The third kappa shape index (κ3) is 4.45. The molecule has 6 nitrogen and oxygen atoms in total. The molecule has 0 spiro atoms. The molecule has 120 valence electrons. The number of furan rings is 1. The highest BCUT2D eigenvalue weighted by atomic mass is 16.5. The van der Waals surface area contributed by atoms with E-state index in [1.165, 1.54) is 0 Å². The van der Waals surface area contributed by atoms with E-state index in [0.29, 0.717) is 12.4 Å². The van der Waals surface area contributed by atoms with Crippen LogP contribution in [-0.4, -0.2) is 34.0 Å². The zero-order chi connectivity index (χ0) is 15.9. The van der Waals surface area contributed by atoms with Crippen molar-refractivity contribution in [1.82, 2.24) is 9.55 Å². The van der Waals surface area contributed by atoms with Gasteiger partial charge in [-0.3, -0.25) is 0 Å². The molecule has 1 unspecified atom stereocenters. The average molecular weight is 314 g/mol. The Bertz CT molecular complexity index is 695. The van der Waals surface area contributed by atoms with E-state index in [1.54, 1.807) is 24.9 Å². The van der Waals surface area contributed by atoms with Gasteiger partial charge in [0, 0.05) is 18.5 Å². The van der Waals surface area contributed by atoms with E-state index >= 15 is 0 Å². The van der Waals surface area contributed by atoms with E-state index in [0.717, 1.165) is 11.4 Å². The minimum Gasteiger partial charge on any atom is -0.491 e. The Morgan fingerprint density at radius 1 is 1.22 bits per heavy atom. The predicted octanol–water partition coefficient (Wildman–Crippen LogP) is 2.42. The lowest BCUT2D eigenvalue weighted by atomic mass is 10.3. The van der Waals surface area contributed by atoms with Gasteiger partial charge in [-0.1, -0.05) is 6.07 Å². The van der Waals surface area contributed by atoms with Gasteiger partial charge < -0.3 is 23.6 Å². The topological polar surface area (TPSA) is 69.7 Å². The number of ether oxygens (including phenoxy) is 2. The Hall–Kier alpha value is -2.57. The van der Waals surface area contributed by atoms with Gasteiger partial charge in [-0.25, -0.2) is 4.98 Å². The minimum atomic E-state index is -0.707. The van der Waals surface area contributed by atoms with Crippen LogP contribution in [0.5, 0.6) is 5.75 Å². The standard InChI is InChI=1S/C17H18N2O4/c20-15(10-21-12-17-5-2-8-22-17)11-23-16-4-1-3-14(9-16)19-7-6-18-13-19/h1-9,13,15,20H,10-12H2. The Kier molecular flexibility index (Phi) is 5.08. The van der Waals surface area contributed by atoms with Crippen molar-refractivity contribution >= 4 is 0 Å².